The summed E-state index contributed by atoms with van der Waals surface area (Å²) in [6, 6.07) is 6.85. The minimum absolute atomic E-state index is 0.126. The molecule has 0 radical (unpaired) electrons. The van der Waals surface area contributed by atoms with Crippen molar-refractivity contribution in [2.45, 2.75) is 83.2 Å². The van der Waals surface area contributed by atoms with Gasteiger partial charge in [0.05, 0.1) is 30.0 Å². The van der Waals surface area contributed by atoms with Crippen molar-refractivity contribution in [3.63, 3.8) is 0 Å². The number of aromatic hydroxyl groups is 1. The van der Waals surface area contributed by atoms with Gasteiger partial charge in [0.2, 0.25) is 0 Å². The van der Waals surface area contributed by atoms with Crippen LogP contribution in [0.2, 0.25) is 5.02 Å². The Labute approximate surface area is 283 Å². The molecule has 4 aromatic rings. The number of phenols is 1. The summed E-state index contributed by atoms with van der Waals surface area (Å²) in [5, 5.41) is 17.3. The minimum atomic E-state index is -0.861. The zero-order valence-electron chi connectivity index (χ0n) is 27.2. The van der Waals surface area contributed by atoms with Crippen LogP contribution in [0.5, 0.6) is 11.8 Å². The molecule has 4 aliphatic heterocycles. The molecule has 6 heterocycles. The van der Waals surface area contributed by atoms with Crippen molar-refractivity contribution in [1.29, 1.82) is 0 Å². The van der Waals surface area contributed by atoms with Gasteiger partial charge in [0, 0.05) is 55.3 Å². The summed E-state index contributed by atoms with van der Waals surface area (Å²) in [5.41, 5.74) is 9.87. The molecule has 0 bridgehead atoms. The Morgan fingerprint density at radius 2 is 1.94 bits per heavy atom. The van der Waals surface area contributed by atoms with Gasteiger partial charge >= 0.3 is 6.01 Å². The topological polar surface area (TPSA) is 109 Å². The highest BCUT2D eigenvalue weighted by molar-refractivity contribution is 6.33. The van der Waals surface area contributed by atoms with E-state index in [1.54, 1.807) is 18.2 Å². The van der Waals surface area contributed by atoms with Crippen LogP contribution < -0.4 is 20.3 Å². The van der Waals surface area contributed by atoms with E-state index in [4.69, 9.17) is 32.0 Å². The SMILES string of the molecule is CCc1c(F)ccc2cc(O)cc(N3CCc4c(nc(OC[C@@]56CCCN5C[C@H](F)C6)nc4N4CCCCn5nc(N)c(Cl)c5C4)C3)c12. The molecule has 0 saturated carbocycles. The van der Waals surface area contributed by atoms with Gasteiger partial charge < -0.3 is 25.4 Å². The van der Waals surface area contributed by atoms with E-state index in [9.17, 15) is 9.50 Å². The summed E-state index contributed by atoms with van der Waals surface area (Å²) in [6.07, 6.45) is 4.49. The van der Waals surface area contributed by atoms with Gasteiger partial charge in [-0.3, -0.25) is 9.58 Å². The average Bonchev–Trinajstić information content (AvgIpc) is 3.68. The summed E-state index contributed by atoms with van der Waals surface area (Å²) in [5.74, 6) is 0.978. The lowest BCUT2D eigenvalue weighted by atomic mass is 9.95. The molecule has 3 N–H and O–H groups in total. The van der Waals surface area contributed by atoms with E-state index in [1.165, 1.54) is 6.07 Å². The molecule has 0 amide bonds. The predicted octanol–water partition coefficient (Wildman–Crippen LogP) is 5.79. The maximum Gasteiger partial charge on any atom is 0.318 e. The van der Waals surface area contributed by atoms with Crippen molar-refractivity contribution in [3.8, 4) is 11.8 Å². The first kappa shape index (κ1) is 31.4. The number of ether oxygens (including phenoxy) is 1. The summed E-state index contributed by atoms with van der Waals surface area (Å²) in [6.45, 7) is 6.60. The smallest absolute Gasteiger partial charge is 0.318 e. The molecule has 4 aliphatic rings. The van der Waals surface area contributed by atoms with Gasteiger partial charge in [-0.15, -0.1) is 0 Å². The summed E-state index contributed by atoms with van der Waals surface area (Å²) in [7, 11) is 0. The van der Waals surface area contributed by atoms with E-state index in [0.717, 1.165) is 84.5 Å². The third kappa shape index (κ3) is 5.37. The van der Waals surface area contributed by atoms with Crippen molar-refractivity contribution >= 4 is 39.7 Å². The first-order chi connectivity index (χ1) is 23.2. The highest BCUT2D eigenvalue weighted by atomic mass is 35.5. The molecule has 2 fully saturated rings. The number of alkyl halides is 1. The molecule has 13 heteroatoms. The number of phenolic OH excluding ortho intramolecular Hbond substituents is 1. The van der Waals surface area contributed by atoms with E-state index < -0.39 is 6.17 Å². The van der Waals surface area contributed by atoms with Crippen LogP contribution in [0.3, 0.4) is 0 Å². The van der Waals surface area contributed by atoms with Gasteiger partial charge in [-0.1, -0.05) is 24.6 Å². The zero-order valence-corrected chi connectivity index (χ0v) is 27.9. The van der Waals surface area contributed by atoms with Crippen molar-refractivity contribution < 1.29 is 18.6 Å². The number of halogens is 3. The number of rotatable bonds is 6. The van der Waals surface area contributed by atoms with Gasteiger partial charge in [-0.05, 0) is 68.2 Å². The Bertz CT molecular complexity index is 1890. The van der Waals surface area contributed by atoms with Gasteiger partial charge in [0.15, 0.2) is 5.82 Å². The van der Waals surface area contributed by atoms with Crippen molar-refractivity contribution in [2.75, 3.05) is 48.3 Å². The van der Waals surface area contributed by atoms with Crippen LogP contribution in [0, 0.1) is 5.82 Å². The number of fused-ring (bicyclic) bond motifs is 4. The number of nitrogens with two attached hydrogens (primary N) is 1. The fourth-order valence-electron chi connectivity index (χ4n) is 8.48. The molecule has 0 spiro atoms. The average molecular weight is 679 g/mol. The Morgan fingerprint density at radius 1 is 1.08 bits per heavy atom. The second-order valence-corrected chi connectivity index (χ2v) is 14.1. The predicted molar refractivity (Wildman–Crippen MR) is 182 cm³/mol. The van der Waals surface area contributed by atoms with Gasteiger partial charge in [0.25, 0.3) is 0 Å². The van der Waals surface area contributed by atoms with E-state index in [2.05, 4.69) is 19.8 Å². The maximum absolute atomic E-state index is 15.1. The molecular formula is C35H41ClF2N8O2. The highest BCUT2D eigenvalue weighted by Crippen LogP contribution is 2.42. The molecule has 254 valence electrons. The maximum atomic E-state index is 15.1. The lowest BCUT2D eigenvalue weighted by Crippen LogP contribution is -2.43. The molecule has 0 aliphatic carbocycles. The molecule has 48 heavy (non-hydrogen) atoms. The van der Waals surface area contributed by atoms with Crippen LogP contribution in [-0.2, 0) is 32.5 Å². The minimum Gasteiger partial charge on any atom is -0.508 e. The Hall–Kier alpha value is -3.90. The largest absolute Gasteiger partial charge is 0.508 e. The summed E-state index contributed by atoms with van der Waals surface area (Å²) >= 11 is 6.67. The third-order valence-corrected chi connectivity index (χ3v) is 11.2. The molecular weight excluding hydrogens is 638 g/mol. The molecule has 10 nitrogen and oxygen atoms in total. The van der Waals surface area contributed by atoms with E-state index in [0.29, 0.717) is 68.5 Å². The number of aromatic nitrogens is 4. The monoisotopic (exact) mass is 678 g/mol. The van der Waals surface area contributed by atoms with E-state index >= 15 is 4.39 Å². The first-order valence-corrected chi connectivity index (χ1v) is 17.5. The number of nitrogens with zero attached hydrogens (tertiary/aromatic N) is 7. The number of hydrogen-bond acceptors (Lipinski definition) is 9. The van der Waals surface area contributed by atoms with Gasteiger partial charge in [-0.2, -0.15) is 15.1 Å². The molecule has 2 saturated heterocycles. The zero-order chi connectivity index (χ0) is 33.2. The lowest BCUT2D eigenvalue weighted by molar-refractivity contribution is 0.107. The van der Waals surface area contributed by atoms with E-state index in [1.807, 2.05) is 11.6 Å². The molecule has 2 aromatic carbocycles. The Balaban J connectivity index is 1.19. The quantitative estimate of drug-likeness (QED) is 0.262. The van der Waals surface area contributed by atoms with E-state index in [-0.39, 0.29) is 23.1 Å². The van der Waals surface area contributed by atoms with Crippen LogP contribution in [0.15, 0.2) is 24.3 Å². The van der Waals surface area contributed by atoms with Crippen LogP contribution in [0.25, 0.3) is 10.8 Å². The summed E-state index contributed by atoms with van der Waals surface area (Å²) < 4.78 is 38.0. The molecule has 2 atom stereocenters. The molecule has 2 aromatic heterocycles. The lowest BCUT2D eigenvalue weighted by Gasteiger charge is -2.35. The standard InChI is InChI=1S/C35H41ClF2N8O2/c1-2-24-26(38)7-6-21-14-23(47)15-28(30(21)24)43-13-8-25-27(18-43)40-34(48-20-35-9-5-11-45(35)17-22(37)16-35)41-33(25)44-10-3-4-12-46-29(19-44)31(36)32(39)42-46/h6-7,14-15,22,47H,2-5,8-13,16-20H2,1H3,(H2,39,42)/t22-,35+/m1/s1. The number of benzene rings is 2. The van der Waals surface area contributed by atoms with Crippen molar-refractivity contribution in [2.24, 2.45) is 0 Å². The van der Waals surface area contributed by atoms with Gasteiger partial charge in [0.1, 0.15) is 35.2 Å². The first-order valence-electron chi connectivity index (χ1n) is 17.1. The molecule has 8 rings (SSSR count). The highest BCUT2D eigenvalue weighted by Gasteiger charge is 2.49. The van der Waals surface area contributed by atoms with Crippen LogP contribution in [0.4, 0.5) is 26.1 Å². The van der Waals surface area contributed by atoms with Crippen LogP contribution in [0.1, 0.15) is 61.5 Å². The molecule has 0 unspecified atom stereocenters. The van der Waals surface area contributed by atoms with Gasteiger partial charge in [-0.25, -0.2) is 8.78 Å². The fourth-order valence-corrected chi connectivity index (χ4v) is 8.67. The normalized spacial score (nSPS) is 22.8. The second kappa shape index (κ2) is 12.2. The van der Waals surface area contributed by atoms with Crippen molar-refractivity contribution in [1.82, 2.24) is 24.6 Å². The fraction of sp³-hybridized carbons (Fsp3) is 0.514. The third-order valence-electron chi connectivity index (χ3n) is 10.8. The van der Waals surface area contributed by atoms with Crippen molar-refractivity contribution in [3.05, 3.63) is 57.6 Å². The summed E-state index contributed by atoms with van der Waals surface area (Å²) in [4.78, 5) is 16.7. The number of aryl methyl sites for hydroxylation is 2. The number of hydrogen-bond donors (Lipinski definition) is 2. The number of nitrogen functional groups attached to an aromatic ring is 1. The van der Waals surface area contributed by atoms with Crippen LogP contribution >= 0.6 is 11.6 Å². The Kier molecular flexibility index (Phi) is 7.98. The Morgan fingerprint density at radius 3 is 2.79 bits per heavy atom. The van der Waals surface area contributed by atoms with Crippen LogP contribution in [-0.4, -0.2) is 74.3 Å². The second-order valence-electron chi connectivity index (χ2n) is 13.7. The number of anilines is 3.